The van der Waals surface area contributed by atoms with E-state index in [4.69, 9.17) is 5.11 Å². The quantitative estimate of drug-likeness (QED) is 0.895. The molecule has 2 N–H and O–H groups in total. The standard InChI is InChI=1S/C11H13BrFNO2/c1-3-14-11(2,10(15)16)8-5-4-7(12)6-9(8)13/h4-6,14H,3H2,1-2H3,(H,15,16). The summed E-state index contributed by atoms with van der Waals surface area (Å²) in [4.78, 5) is 11.2. The van der Waals surface area contributed by atoms with Crippen LogP contribution in [0.5, 0.6) is 0 Å². The fourth-order valence-corrected chi connectivity index (χ4v) is 1.87. The minimum atomic E-state index is -1.40. The Balaban J connectivity index is 3.26. The van der Waals surface area contributed by atoms with Crippen molar-refractivity contribution in [3.63, 3.8) is 0 Å². The van der Waals surface area contributed by atoms with Crippen LogP contribution in [0.25, 0.3) is 0 Å². The van der Waals surface area contributed by atoms with E-state index in [-0.39, 0.29) is 5.56 Å². The van der Waals surface area contributed by atoms with E-state index < -0.39 is 17.3 Å². The van der Waals surface area contributed by atoms with Crippen molar-refractivity contribution in [3.05, 3.63) is 34.1 Å². The predicted molar refractivity (Wildman–Crippen MR) is 62.8 cm³/mol. The van der Waals surface area contributed by atoms with Gasteiger partial charge in [0.05, 0.1) is 0 Å². The highest BCUT2D eigenvalue weighted by Gasteiger charge is 2.36. The van der Waals surface area contributed by atoms with Gasteiger partial charge in [0, 0.05) is 10.0 Å². The highest BCUT2D eigenvalue weighted by Crippen LogP contribution is 2.26. The van der Waals surface area contributed by atoms with Crippen molar-refractivity contribution in [2.24, 2.45) is 0 Å². The van der Waals surface area contributed by atoms with Crippen molar-refractivity contribution in [1.82, 2.24) is 5.32 Å². The van der Waals surface area contributed by atoms with E-state index >= 15 is 0 Å². The number of halogens is 2. The Bertz CT molecular complexity index is 411. The summed E-state index contributed by atoms with van der Waals surface area (Å²) in [5, 5.41) is 12.0. The molecule has 0 spiro atoms. The molecule has 5 heteroatoms. The van der Waals surface area contributed by atoms with Crippen LogP contribution >= 0.6 is 15.9 Å². The maximum atomic E-state index is 13.7. The molecule has 0 aliphatic rings. The minimum Gasteiger partial charge on any atom is -0.480 e. The van der Waals surface area contributed by atoms with Gasteiger partial charge in [0.25, 0.3) is 0 Å². The Morgan fingerprint density at radius 2 is 2.25 bits per heavy atom. The van der Waals surface area contributed by atoms with E-state index in [1.165, 1.54) is 19.1 Å². The molecular weight excluding hydrogens is 277 g/mol. The lowest BCUT2D eigenvalue weighted by molar-refractivity contribution is -0.144. The van der Waals surface area contributed by atoms with Gasteiger partial charge in [-0.2, -0.15) is 0 Å². The number of aliphatic carboxylic acids is 1. The summed E-state index contributed by atoms with van der Waals surface area (Å²) in [5.74, 6) is -1.64. The number of nitrogens with one attached hydrogen (secondary N) is 1. The molecule has 0 fully saturated rings. The fraction of sp³-hybridized carbons (Fsp3) is 0.364. The Kier molecular flexibility index (Phi) is 4.04. The first-order valence-electron chi connectivity index (χ1n) is 4.85. The van der Waals surface area contributed by atoms with Crippen LogP contribution in [0.3, 0.4) is 0 Å². The average Bonchev–Trinajstić information content (AvgIpc) is 2.17. The zero-order chi connectivity index (χ0) is 12.3. The number of hydrogen-bond donors (Lipinski definition) is 2. The number of carboxylic acid groups (broad SMARTS) is 1. The molecule has 0 amide bonds. The number of rotatable bonds is 4. The molecule has 0 heterocycles. The number of carbonyl (C=O) groups is 1. The first-order valence-corrected chi connectivity index (χ1v) is 5.65. The summed E-state index contributed by atoms with van der Waals surface area (Å²) < 4.78 is 14.3. The van der Waals surface area contributed by atoms with Crippen LogP contribution in [0.4, 0.5) is 4.39 Å². The Hall–Kier alpha value is -0.940. The molecule has 16 heavy (non-hydrogen) atoms. The molecule has 1 aromatic rings. The summed E-state index contributed by atoms with van der Waals surface area (Å²) >= 11 is 3.13. The summed E-state index contributed by atoms with van der Waals surface area (Å²) in [5.41, 5.74) is -1.27. The molecule has 1 unspecified atom stereocenters. The summed E-state index contributed by atoms with van der Waals surface area (Å²) in [6.45, 7) is 3.67. The monoisotopic (exact) mass is 289 g/mol. The smallest absolute Gasteiger partial charge is 0.328 e. The van der Waals surface area contributed by atoms with Crippen molar-refractivity contribution < 1.29 is 14.3 Å². The van der Waals surface area contributed by atoms with Crippen molar-refractivity contribution in [1.29, 1.82) is 0 Å². The Morgan fingerprint density at radius 1 is 1.62 bits per heavy atom. The van der Waals surface area contributed by atoms with Gasteiger partial charge in [0.15, 0.2) is 0 Å². The lowest BCUT2D eigenvalue weighted by Crippen LogP contribution is -2.47. The third kappa shape index (κ3) is 2.41. The van der Waals surface area contributed by atoms with Gasteiger partial charge >= 0.3 is 5.97 Å². The molecule has 1 rings (SSSR count). The molecule has 0 saturated carbocycles. The van der Waals surface area contributed by atoms with Crippen molar-refractivity contribution >= 4 is 21.9 Å². The molecule has 0 aromatic heterocycles. The van der Waals surface area contributed by atoms with Crippen LogP contribution < -0.4 is 5.32 Å². The first kappa shape index (κ1) is 13.1. The van der Waals surface area contributed by atoms with Gasteiger partial charge in [0.1, 0.15) is 11.4 Å². The second-order valence-electron chi connectivity index (χ2n) is 3.58. The van der Waals surface area contributed by atoms with Gasteiger partial charge in [-0.25, -0.2) is 9.18 Å². The topological polar surface area (TPSA) is 49.3 Å². The highest BCUT2D eigenvalue weighted by atomic mass is 79.9. The summed E-state index contributed by atoms with van der Waals surface area (Å²) in [6, 6.07) is 4.35. The van der Waals surface area contributed by atoms with E-state index in [0.29, 0.717) is 11.0 Å². The minimum absolute atomic E-state index is 0.130. The van der Waals surface area contributed by atoms with E-state index in [9.17, 15) is 9.18 Å². The summed E-state index contributed by atoms with van der Waals surface area (Å²) in [7, 11) is 0. The van der Waals surface area contributed by atoms with E-state index in [2.05, 4.69) is 21.2 Å². The first-order chi connectivity index (χ1) is 7.41. The van der Waals surface area contributed by atoms with E-state index in [1.807, 2.05) is 0 Å². The van der Waals surface area contributed by atoms with Gasteiger partial charge < -0.3 is 5.11 Å². The lowest BCUT2D eigenvalue weighted by Gasteiger charge is -2.26. The van der Waals surface area contributed by atoms with Crippen molar-refractivity contribution in [3.8, 4) is 0 Å². The van der Waals surface area contributed by atoms with Crippen molar-refractivity contribution in [2.75, 3.05) is 6.54 Å². The second-order valence-corrected chi connectivity index (χ2v) is 4.50. The maximum absolute atomic E-state index is 13.7. The molecular formula is C11H13BrFNO2. The molecule has 0 aliphatic heterocycles. The lowest BCUT2D eigenvalue weighted by atomic mass is 9.91. The largest absolute Gasteiger partial charge is 0.480 e. The molecule has 0 saturated heterocycles. The Labute approximate surface area is 102 Å². The second kappa shape index (κ2) is 4.93. The molecule has 3 nitrogen and oxygen atoms in total. The molecule has 1 atom stereocenters. The van der Waals surface area contributed by atoms with Gasteiger partial charge in [0.2, 0.25) is 0 Å². The molecule has 0 bridgehead atoms. The van der Waals surface area contributed by atoms with Crippen molar-refractivity contribution in [2.45, 2.75) is 19.4 Å². The van der Waals surface area contributed by atoms with Crippen LogP contribution in [0, 0.1) is 5.82 Å². The zero-order valence-electron chi connectivity index (χ0n) is 9.05. The maximum Gasteiger partial charge on any atom is 0.328 e. The van der Waals surface area contributed by atoms with Gasteiger partial charge in [-0.1, -0.05) is 28.9 Å². The molecule has 0 aliphatic carbocycles. The molecule has 88 valence electrons. The SMILES string of the molecule is CCNC(C)(C(=O)O)c1ccc(Br)cc1F. The van der Waals surface area contributed by atoms with Crippen LogP contribution in [0.1, 0.15) is 19.4 Å². The fourth-order valence-electron chi connectivity index (χ4n) is 1.53. The average molecular weight is 290 g/mol. The molecule has 1 aromatic carbocycles. The number of carboxylic acids is 1. The third-order valence-corrected chi connectivity index (χ3v) is 2.92. The highest BCUT2D eigenvalue weighted by molar-refractivity contribution is 9.10. The van der Waals surface area contributed by atoms with Crippen LogP contribution in [0.2, 0.25) is 0 Å². The number of benzene rings is 1. The number of hydrogen-bond acceptors (Lipinski definition) is 2. The zero-order valence-corrected chi connectivity index (χ0v) is 10.6. The van der Waals surface area contributed by atoms with Crippen LogP contribution in [-0.4, -0.2) is 17.6 Å². The van der Waals surface area contributed by atoms with Gasteiger partial charge in [-0.3, -0.25) is 5.32 Å². The van der Waals surface area contributed by atoms with Crippen LogP contribution in [0.15, 0.2) is 22.7 Å². The van der Waals surface area contributed by atoms with Gasteiger partial charge in [-0.15, -0.1) is 0 Å². The Morgan fingerprint density at radius 3 is 2.69 bits per heavy atom. The predicted octanol–water partition coefficient (Wildman–Crippen LogP) is 2.50. The summed E-state index contributed by atoms with van der Waals surface area (Å²) in [6.07, 6.45) is 0. The number of likely N-dealkylation sites (N-methyl/N-ethyl adjacent to an activating group) is 1. The van der Waals surface area contributed by atoms with Gasteiger partial charge in [-0.05, 0) is 25.6 Å². The third-order valence-electron chi connectivity index (χ3n) is 2.43. The van der Waals surface area contributed by atoms with E-state index in [0.717, 1.165) is 0 Å². The van der Waals surface area contributed by atoms with Crippen LogP contribution in [-0.2, 0) is 10.3 Å². The normalized spacial score (nSPS) is 14.5. The van der Waals surface area contributed by atoms with E-state index in [1.54, 1.807) is 13.0 Å². The molecule has 0 radical (unpaired) electrons.